The molecule has 0 bridgehead atoms. The van der Waals surface area contributed by atoms with Crippen molar-refractivity contribution in [3.63, 3.8) is 0 Å². The van der Waals surface area contributed by atoms with Crippen LogP contribution in [0.3, 0.4) is 0 Å². The fourth-order valence-electron chi connectivity index (χ4n) is 4.67. The third-order valence-corrected chi connectivity index (χ3v) is 6.18. The second-order valence-electron chi connectivity index (χ2n) is 8.18. The molecule has 4 aromatic heterocycles. The predicted molar refractivity (Wildman–Crippen MR) is 119 cm³/mol. The number of fused-ring (bicyclic) bond motifs is 4. The molecule has 33 heavy (non-hydrogen) atoms. The fourth-order valence-corrected chi connectivity index (χ4v) is 4.67. The maximum absolute atomic E-state index is 14.6. The van der Waals surface area contributed by atoms with Crippen LogP contribution in [-0.2, 0) is 6.54 Å². The largest absolute Gasteiger partial charge is 0.362 e. The number of rotatable bonds is 2. The monoisotopic (exact) mass is 441 g/mol. The van der Waals surface area contributed by atoms with Crippen LogP contribution in [0.25, 0.3) is 27.5 Å². The lowest BCUT2D eigenvalue weighted by atomic mass is 10.0. The van der Waals surface area contributed by atoms with E-state index < -0.39 is 5.82 Å². The Bertz CT molecular complexity index is 1590. The van der Waals surface area contributed by atoms with Crippen LogP contribution in [0, 0.1) is 23.0 Å². The van der Waals surface area contributed by atoms with Crippen molar-refractivity contribution in [2.45, 2.75) is 19.5 Å². The molecule has 7 nitrogen and oxygen atoms in total. The van der Waals surface area contributed by atoms with Crippen molar-refractivity contribution >= 4 is 22.1 Å². The summed E-state index contributed by atoms with van der Waals surface area (Å²) in [6, 6.07) is 12.8. The summed E-state index contributed by atoms with van der Waals surface area (Å²) in [6.45, 7) is 3.17. The number of aromatic nitrogens is 5. The number of anilines is 1. The van der Waals surface area contributed by atoms with Gasteiger partial charge in [0, 0.05) is 23.7 Å². The van der Waals surface area contributed by atoms with Crippen molar-refractivity contribution in [1.82, 2.24) is 24.4 Å². The van der Waals surface area contributed by atoms with E-state index in [-0.39, 0.29) is 23.1 Å². The van der Waals surface area contributed by atoms with Gasteiger partial charge in [-0.15, -0.1) is 0 Å². The molecular formula is C24H17F2N7. The van der Waals surface area contributed by atoms with E-state index in [2.05, 4.69) is 28.0 Å². The van der Waals surface area contributed by atoms with Crippen LogP contribution >= 0.6 is 0 Å². The van der Waals surface area contributed by atoms with Gasteiger partial charge < -0.3 is 4.90 Å². The summed E-state index contributed by atoms with van der Waals surface area (Å²) >= 11 is 0. The first-order valence-corrected chi connectivity index (χ1v) is 10.5. The van der Waals surface area contributed by atoms with E-state index in [1.165, 1.54) is 10.7 Å². The molecule has 1 aliphatic heterocycles. The van der Waals surface area contributed by atoms with Crippen molar-refractivity contribution < 1.29 is 8.78 Å². The number of hydrogen-bond acceptors (Lipinski definition) is 5. The van der Waals surface area contributed by atoms with E-state index in [4.69, 9.17) is 5.10 Å². The molecule has 0 fully saturated rings. The second-order valence-corrected chi connectivity index (χ2v) is 8.18. The Balaban J connectivity index is 1.45. The van der Waals surface area contributed by atoms with Crippen LogP contribution in [0.1, 0.15) is 24.4 Å². The summed E-state index contributed by atoms with van der Waals surface area (Å²) in [4.78, 5) is 5.90. The number of halogens is 2. The molecule has 1 atom stereocenters. The van der Waals surface area contributed by atoms with E-state index in [1.807, 2.05) is 22.9 Å². The van der Waals surface area contributed by atoms with E-state index in [9.17, 15) is 14.0 Å². The zero-order valence-corrected chi connectivity index (χ0v) is 17.6. The lowest BCUT2D eigenvalue weighted by Gasteiger charge is -2.34. The molecule has 0 amide bonds. The molecule has 0 aliphatic carbocycles. The molecular weight excluding hydrogens is 424 g/mol. The molecule has 162 valence electrons. The molecule has 0 unspecified atom stereocenters. The van der Waals surface area contributed by atoms with Crippen molar-refractivity contribution in [3.05, 3.63) is 78.0 Å². The fraction of sp³-hybridized carbons (Fsp3) is 0.167. The second kappa shape index (κ2) is 7.10. The summed E-state index contributed by atoms with van der Waals surface area (Å²) in [7, 11) is 0. The number of nitrogens with zero attached hydrogens (tertiary/aromatic N) is 7. The highest BCUT2D eigenvalue weighted by atomic mass is 19.1. The Morgan fingerprint density at radius 2 is 1.97 bits per heavy atom. The summed E-state index contributed by atoms with van der Waals surface area (Å²) in [5.41, 5.74) is 4.21. The van der Waals surface area contributed by atoms with Crippen molar-refractivity contribution in [3.8, 4) is 17.2 Å². The SMILES string of the molecule is C[C@@H]1CN(c2ccc(C#N)n3ncc(F)c23)Cc2c3ccc(-c4ccncc4F)cc3nn21. The molecule has 6 rings (SSSR count). The molecule has 5 heterocycles. The highest BCUT2D eigenvalue weighted by molar-refractivity contribution is 5.87. The van der Waals surface area contributed by atoms with Crippen molar-refractivity contribution in [2.75, 3.05) is 11.4 Å². The number of benzene rings is 1. The van der Waals surface area contributed by atoms with Crippen LogP contribution in [0.2, 0.25) is 0 Å². The lowest BCUT2D eigenvalue weighted by Crippen LogP contribution is -2.36. The van der Waals surface area contributed by atoms with Crippen LogP contribution in [0.5, 0.6) is 0 Å². The maximum Gasteiger partial charge on any atom is 0.171 e. The summed E-state index contributed by atoms with van der Waals surface area (Å²) < 4.78 is 32.2. The Kier molecular flexibility index (Phi) is 4.17. The van der Waals surface area contributed by atoms with Gasteiger partial charge in [0.15, 0.2) is 5.82 Å². The Morgan fingerprint density at radius 1 is 1.09 bits per heavy atom. The lowest BCUT2D eigenvalue weighted by molar-refractivity contribution is 0.430. The minimum atomic E-state index is -0.470. The van der Waals surface area contributed by atoms with Gasteiger partial charge in [-0.2, -0.15) is 15.5 Å². The van der Waals surface area contributed by atoms with Crippen LogP contribution < -0.4 is 4.90 Å². The first-order valence-electron chi connectivity index (χ1n) is 10.5. The maximum atomic E-state index is 14.6. The molecule has 0 radical (unpaired) electrons. The topological polar surface area (TPSA) is 75.0 Å². The standard InChI is InChI=1S/C24H17F2N7/c1-14-12-31(22-5-3-16(9-27)33-24(22)20(26)11-29-33)13-23-18-4-2-15(8-21(18)30-32(14)23)17-6-7-28-10-19(17)25/h2-8,10-11,14H,12-13H2,1H3/t14-/m1/s1. The third kappa shape index (κ3) is 2.88. The number of pyridine rings is 2. The average Bonchev–Trinajstić information content (AvgIpc) is 3.40. The number of nitriles is 1. The minimum absolute atomic E-state index is 0.0175. The van der Waals surface area contributed by atoms with Gasteiger partial charge in [-0.05, 0) is 36.8 Å². The van der Waals surface area contributed by atoms with Crippen molar-refractivity contribution in [2.24, 2.45) is 0 Å². The van der Waals surface area contributed by atoms with Crippen LogP contribution in [-0.4, -0.2) is 30.9 Å². The molecule has 5 aromatic rings. The summed E-state index contributed by atoms with van der Waals surface area (Å²) in [6.07, 6.45) is 3.90. The first-order chi connectivity index (χ1) is 16.0. The molecule has 0 saturated carbocycles. The van der Waals surface area contributed by atoms with Crippen LogP contribution in [0.15, 0.2) is 55.0 Å². The Labute approximate surface area is 187 Å². The van der Waals surface area contributed by atoms with E-state index >= 15 is 0 Å². The van der Waals surface area contributed by atoms with Gasteiger partial charge in [0.25, 0.3) is 0 Å². The molecule has 0 N–H and O–H groups in total. The predicted octanol–water partition coefficient (Wildman–Crippen LogP) is 4.48. The van der Waals surface area contributed by atoms with Gasteiger partial charge in [0.05, 0.1) is 41.9 Å². The molecule has 9 heteroatoms. The highest BCUT2D eigenvalue weighted by Gasteiger charge is 2.28. The normalized spacial score (nSPS) is 15.7. The molecule has 1 aromatic carbocycles. The van der Waals surface area contributed by atoms with Gasteiger partial charge in [-0.1, -0.05) is 12.1 Å². The minimum Gasteiger partial charge on any atom is -0.362 e. The zero-order chi connectivity index (χ0) is 22.7. The molecule has 1 aliphatic rings. The van der Waals surface area contributed by atoms with Gasteiger partial charge in [-0.3, -0.25) is 9.67 Å². The van der Waals surface area contributed by atoms with Gasteiger partial charge >= 0.3 is 0 Å². The van der Waals surface area contributed by atoms with Crippen molar-refractivity contribution in [1.29, 1.82) is 5.26 Å². The van der Waals surface area contributed by atoms with E-state index in [1.54, 1.807) is 24.4 Å². The smallest absolute Gasteiger partial charge is 0.171 e. The Morgan fingerprint density at radius 3 is 2.79 bits per heavy atom. The quantitative estimate of drug-likeness (QED) is 0.404. The summed E-state index contributed by atoms with van der Waals surface area (Å²) in [5, 5.41) is 19.1. The van der Waals surface area contributed by atoms with Gasteiger partial charge in [-0.25, -0.2) is 13.3 Å². The first kappa shape index (κ1) is 19.4. The van der Waals surface area contributed by atoms with Gasteiger partial charge in [0.2, 0.25) is 0 Å². The third-order valence-electron chi connectivity index (χ3n) is 6.18. The average molecular weight is 441 g/mol. The summed E-state index contributed by atoms with van der Waals surface area (Å²) in [5.74, 6) is -0.851. The van der Waals surface area contributed by atoms with E-state index in [0.29, 0.717) is 24.3 Å². The van der Waals surface area contributed by atoms with E-state index in [0.717, 1.165) is 28.4 Å². The number of hydrogen-bond donors (Lipinski definition) is 0. The highest BCUT2D eigenvalue weighted by Crippen LogP contribution is 2.35. The zero-order valence-electron chi connectivity index (χ0n) is 17.6. The molecule has 0 spiro atoms. The van der Waals surface area contributed by atoms with Crippen LogP contribution in [0.4, 0.5) is 14.5 Å². The molecule has 0 saturated heterocycles. The van der Waals surface area contributed by atoms with Gasteiger partial charge in [0.1, 0.15) is 23.1 Å². The Hall–Kier alpha value is -4.32.